The Kier molecular flexibility index (Phi) is 9.03. The third kappa shape index (κ3) is 6.36. The molecule has 0 amide bonds. The van der Waals surface area contributed by atoms with E-state index in [1.54, 1.807) is 0 Å². The Bertz CT molecular complexity index is 109. The summed E-state index contributed by atoms with van der Waals surface area (Å²) in [4.78, 5) is 2.46. The number of hydrogen-bond acceptors (Lipinski definition) is 3. The van der Waals surface area contributed by atoms with Gasteiger partial charge in [-0.25, -0.2) is 0 Å². The van der Waals surface area contributed by atoms with Crippen molar-refractivity contribution in [2.45, 2.75) is 26.3 Å². The molecule has 0 aliphatic rings. The van der Waals surface area contributed by atoms with Crippen molar-refractivity contribution < 1.29 is 0 Å². The van der Waals surface area contributed by atoms with Crippen molar-refractivity contribution in [2.75, 3.05) is 38.7 Å². The topological polar surface area (TPSA) is 15.3 Å². The predicted molar refractivity (Wildman–Crippen MR) is 63.6 cm³/mol. The van der Waals surface area contributed by atoms with Crippen LogP contribution in [0, 0.1) is 0 Å². The van der Waals surface area contributed by atoms with Crippen LogP contribution < -0.4 is 5.32 Å². The lowest BCUT2D eigenvalue weighted by molar-refractivity contribution is 0.243. The fourth-order valence-corrected chi connectivity index (χ4v) is 1.81. The minimum absolute atomic E-state index is 0.701. The second-order valence-corrected chi connectivity index (χ2v) is 4.33. The van der Waals surface area contributed by atoms with Gasteiger partial charge in [-0.3, -0.25) is 0 Å². The monoisotopic (exact) mass is 204 g/mol. The molecule has 0 aromatic rings. The van der Waals surface area contributed by atoms with Crippen molar-refractivity contribution in [3.8, 4) is 0 Å². The molecule has 1 atom stereocenters. The van der Waals surface area contributed by atoms with Crippen molar-refractivity contribution in [3.63, 3.8) is 0 Å². The SMILES string of the molecule is CCNCC(CC)N(C)CCSC. The third-order valence-corrected chi connectivity index (χ3v) is 2.96. The van der Waals surface area contributed by atoms with Crippen LogP contribution in [0.5, 0.6) is 0 Å². The summed E-state index contributed by atoms with van der Waals surface area (Å²) in [5.41, 5.74) is 0. The molecule has 0 heterocycles. The van der Waals surface area contributed by atoms with Gasteiger partial charge in [0, 0.05) is 24.9 Å². The first kappa shape index (κ1) is 13.3. The lowest BCUT2D eigenvalue weighted by atomic mass is 10.2. The molecule has 3 heteroatoms. The highest BCUT2D eigenvalue weighted by molar-refractivity contribution is 7.98. The standard InChI is InChI=1S/C10H24N2S/c1-5-10(9-11-6-2)12(3)7-8-13-4/h10-11H,5-9H2,1-4H3. The number of nitrogens with zero attached hydrogens (tertiary/aromatic N) is 1. The minimum atomic E-state index is 0.701. The van der Waals surface area contributed by atoms with Crippen LogP contribution in [0.25, 0.3) is 0 Å². The molecule has 0 aromatic carbocycles. The fraction of sp³-hybridized carbons (Fsp3) is 1.00. The van der Waals surface area contributed by atoms with Crippen LogP contribution in [0.4, 0.5) is 0 Å². The van der Waals surface area contributed by atoms with Crippen LogP contribution in [0.15, 0.2) is 0 Å². The number of hydrogen-bond donors (Lipinski definition) is 1. The maximum atomic E-state index is 3.41. The Morgan fingerprint density at radius 2 is 2.08 bits per heavy atom. The van der Waals surface area contributed by atoms with Gasteiger partial charge in [-0.05, 0) is 26.3 Å². The summed E-state index contributed by atoms with van der Waals surface area (Å²) < 4.78 is 0. The molecule has 1 N–H and O–H groups in total. The lowest BCUT2D eigenvalue weighted by Crippen LogP contribution is -2.40. The summed E-state index contributed by atoms with van der Waals surface area (Å²) in [5.74, 6) is 1.24. The van der Waals surface area contributed by atoms with E-state index in [1.165, 1.54) is 18.7 Å². The van der Waals surface area contributed by atoms with Gasteiger partial charge in [-0.2, -0.15) is 11.8 Å². The second kappa shape index (κ2) is 8.85. The highest BCUT2D eigenvalue weighted by Gasteiger charge is 2.10. The highest BCUT2D eigenvalue weighted by Crippen LogP contribution is 2.02. The molecule has 0 aliphatic heterocycles. The van der Waals surface area contributed by atoms with Crippen LogP contribution in [0.3, 0.4) is 0 Å². The normalized spacial score (nSPS) is 13.6. The second-order valence-electron chi connectivity index (χ2n) is 3.34. The first-order valence-electron chi connectivity index (χ1n) is 5.16. The molecule has 0 aromatic heterocycles. The molecule has 0 fully saturated rings. The molecule has 0 saturated carbocycles. The molecule has 0 radical (unpaired) electrons. The van der Waals surface area contributed by atoms with Crippen molar-refractivity contribution in [3.05, 3.63) is 0 Å². The summed E-state index contributed by atoms with van der Waals surface area (Å²) in [6.07, 6.45) is 3.40. The molecule has 0 saturated heterocycles. The maximum Gasteiger partial charge on any atom is 0.0215 e. The van der Waals surface area contributed by atoms with Crippen molar-refractivity contribution in [1.82, 2.24) is 10.2 Å². The average molecular weight is 204 g/mol. The molecule has 80 valence electrons. The Morgan fingerprint density at radius 3 is 2.54 bits per heavy atom. The molecule has 13 heavy (non-hydrogen) atoms. The van der Waals surface area contributed by atoms with Crippen LogP contribution in [0.2, 0.25) is 0 Å². The lowest BCUT2D eigenvalue weighted by Gasteiger charge is -2.26. The number of nitrogens with one attached hydrogen (secondary N) is 1. The first-order valence-corrected chi connectivity index (χ1v) is 6.55. The van der Waals surface area contributed by atoms with E-state index in [1.807, 2.05) is 11.8 Å². The summed E-state index contributed by atoms with van der Waals surface area (Å²) in [7, 11) is 2.22. The molecule has 0 bridgehead atoms. The van der Waals surface area contributed by atoms with Gasteiger partial charge in [0.25, 0.3) is 0 Å². The van der Waals surface area contributed by atoms with Crippen LogP contribution in [-0.2, 0) is 0 Å². The molecule has 2 nitrogen and oxygen atoms in total. The molecule has 0 rings (SSSR count). The molecule has 0 aliphatic carbocycles. The quantitative estimate of drug-likeness (QED) is 0.647. The van der Waals surface area contributed by atoms with Gasteiger partial charge in [-0.15, -0.1) is 0 Å². The Balaban J connectivity index is 3.63. The predicted octanol–water partition coefficient (Wildman–Crippen LogP) is 1.67. The van der Waals surface area contributed by atoms with Gasteiger partial charge in [0.15, 0.2) is 0 Å². The summed E-state index contributed by atoms with van der Waals surface area (Å²) in [6, 6.07) is 0.701. The van der Waals surface area contributed by atoms with Gasteiger partial charge in [0.1, 0.15) is 0 Å². The molecule has 1 unspecified atom stereocenters. The highest BCUT2D eigenvalue weighted by atomic mass is 32.2. The van der Waals surface area contributed by atoms with Crippen LogP contribution in [0.1, 0.15) is 20.3 Å². The first-order chi connectivity index (χ1) is 6.26. The van der Waals surface area contributed by atoms with Crippen molar-refractivity contribution in [2.24, 2.45) is 0 Å². The van der Waals surface area contributed by atoms with E-state index in [0.717, 1.165) is 13.1 Å². The summed E-state index contributed by atoms with van der Waals surface area (Å²) in [6.45, 7) is 7.82. The zero-order chi connectivity index (χ0) is 10.1. The van der Waals surface area contributed by atoms with E-state index < -0.39 is 0 Å². The van der Waals surface area contributed by atoms with Gasteiger partial charge in [0.2, 0.25) is 0 Å². The molecule has 0 spiro atoms. The zero-order valence-corrected chi connectivity index (χ0v) is 10.3. The largest absolute Gasteiger partial charge is 0.315 e. The minimum Gasteiger partial charge on any atom is -0.315 e. The Morgan fingerprint density at radius 1 is 1.38 bits per heavy atom. The van der Waals surface area contributed by atoms with E-state index >= 15 is 0 Å². The number of likely N-dealkylation sites (N-methyl/N-ethyl adjacent to an activating group) is 2. The molecular weight excluding hydrogens is 180 g/mol. The Labute approximate surface area is 87.5 Å². The van der Waals surface area contributed by atoms with Crippen LogP contribution >= 0.6 is 11.8 Å². The van der Waals surface area contributed by atoms with Gasteiger partial charge in [0.05, 0.1) is 0 Å². The van der Waals surface area contributed by atoms with E-state index in [0.29, 0.717) is 6.04 Å². The van der Waals surface area contributed by atoms with E-state index in [2.05, 4.69) is 37.4 Å². The van der Waals surface area contributed by atoms with E-state index in [-0.39, 0.29) is 0 Å². The van der Waals surface area contributed by atoms with Gasteiger partial charge < -0.3 is 10.2 Å². The van der Waals surface area contributed by atoms with Crippen molar-refractivity contribution >= 4 is 11.8 Å². The maximum absolute atomic E-state index is 3.41. The van der Waals surface area contributed by atoms with E-state index in [9.17, 15) is 0 Å². The summed E-state index contributed by atoms with van der Waals surface area (Å²) >= 11 is 1.92. The zero-order valence-electron chi connectivity index (χ0n) is 9.47. The average Bonchev–Trinajstić information content (AvgIpc) is 2.16. The van der Waals surface area contributed by atoms with Gasteiger partial charge >= 0.3 is 0 Å². The van der Waals surface area contributed by atoms with E-state index in [4.69, 9.17) is 0 Å². The Hall–Kier alpha value is 0.270. The third-order valence-electron chi connectivity index (χ3n) is 2.37. The smallest absolute Gasteiger partial charge is 0.0215 e. The fourth-order valence-electron chi connectivity index (χ4n) is 1.34. The number of rotatable bonds is 8. The number of thioether (sulfide) groups is 1. The molecular formula is C10H24N2S. The van der Waals surface area contributed by atoms with Crippen LogP contribution in [-0.4, -0.2) is 49.6 Å². The van der Waals surface area contributed by atoms with Crippen molar-refractivity contribution in [1.29, 1.82) is 0 Å². The van der Waals surface area contributed by atoms with Gasteiger partial charge in [-0.1, -0.05) is 13.8 Å². The summed E-state index contributed by atoms with van der Waals surface area (Å²) in [5, 5.41) is 3.41.